The molecule has 4 aromatic rings. The largest absolute Gasteiger partial charge is 0.505 e. The van der Waals surface area contributed by atoms with E-state index in [0.717, 1.165) is 11.3 Å². The third kappa shape index (κ3) is 4.26. The number of aromatic nitrogens is 3. The monoisotopic (exact) mass is 562 g/mol. The van der Waals surface area contributed by atoms with Gasteiger partial charge in [-0.25, -0.2) is 14.8 Å². The van der Waals surface area contributed by atoms with E-state index in [1.54, 1.807) is 60.8 Å². The fraction of sp³-hybridized carbons (Fsp3) is 0.250. The van der Waals surface area contributed by atoms with Crippen LogP contribution in [0.4, 0.5) is 5.13 Å². The number of nitrogens with zero attached hydrogens (tertiary/aromatic N) is 4. The summed E-state index contributed by atoms with van der Waals surface area (Å²) < 4.78 is 17.7. The SMILES string of the molecule is CCOc1ccc(C2/C(=C(\O)c3c(C)nc4ccccn34)C(=O)C(=O)N2c2nc(C)c(C(=O)OC)s2)cc1OC. The molecule has 0 bridgehead atoms. The summed E-state index contributed by atoms with van der Waals surface area (Å²) in [6.45, 7) is 5.56. The van der Waals surface area contributed by atoms with Crippen LogP contribution in [0.3, 0.4) is 0 Å². The van der Waals surface area contributed by atoms with Crippen LogP contribution < -0.4 is 14.4 Å². The number of amides is 1. The number of carbonyl (C=O) groups excluding carboxylic acids is 3. The van der Waals surface area contributed by atoms with Crippen molar-refractivity contribution in [1.82, 2.24) is 14.4 Å². The number of rotatable bonds is 7. The molecule has 12 heteroatoms. The maximum absolute atomic E-state index is 13.7. The van der Waals surface area contributed by atoms with Gasteiger partial charge in [-0.05, 0) is 50.6 Å². The van der Waals surface area contributed by atoms with Crippen LogP contribution in [0, 0.1) is 13.8 Å². The number of ether oxygens (including phenoxy) is 3. The third-order valence-electron chi connectivity index (χ3n) is 6.54. The Bertz CT molecular complexity index is 1700. The summed E-state index contributed by atoms with van der Waals surface area (Å²) in [7, 11) is 2.73. The van der Waals surface area contributed by atoms with Gasteiger partial charge in [0.25, 0.3) is 5.78 Å². The highest BCUT2D eigenvalue weighted by Crippen LogP contribution is 2.45. The Hall–Kier alpha value is -4.71. The summed E-state index contributed by atoms with van der Waals surface area (Å²) >= 11 is 0.921. The van der Waals surface area contributed by atoms with Gasteiger partial charge in [-0.3, -0.25) is 18.9 Å². The summed E-state index contributed by atoms with van der Waals surface area (Å²) in [5, 5.41) is 11.8. The van der Waals surface area contributed by atoms with E-state index in [9.17, 15) is 19.5 Å². The van der Waals surface area contributed by atoms with Crippen molar-refractivity contribution >= 4 is 45.5 Å². The number of aryl methyl sites for hydroxylation is 2. The third-order valence-corrected chi connectivity index (χ3v) is 7.68. The molecule has 1 aliphatic heterocycles. The number of benzene rings is 1. The summed E-state index contributed by atoms with van der Waals surface area (Å²) in [4.78, 5) is 49.9. The highest BCUT2D eigenvalue weighted by Gasteiger charge is 2.49. The van der Waals surface area contributed by atoms with Crippen molar-refractivity contribution in [3.05, 3.63) is 75.7 Å². The van der Waals surface area contributed by atoms with Crippen molar-refractivity contribution in [2.75, 3.05) is 25.7 Å². The van der Waals surface area contributed by atoms with Gasteiger partial charge in [0.2, 0.25) is 0 Å². The number of fused-ring (bicyclic) bond motifs is 1. The Morgan fingerprint density at radius 3 is 2.55 bits per heavy atom. The first kappa shape index (κ1) is 26.9. The van der Waals surface area contributed by atoms with Gasteiger partial charge >= 0.3 is 11.9 Å². The van der Waals surface area contributed by atoms with Crippen molar-refractivity contribution in [3.63, 3.8) is 0 Å². The molecule has 1 unspecified atom stereocenters. The number of carbonyl (C=O) groups is 3. The number of pyridine rings is 1. The number of aliphatic hydroxyl groups is 1. The average molecular weight is 563 g/mol. The number of ketones is 1. The molecule has 1 N–H and O–H groups in total. The lowest BCUT2D eigenvalue weighted by molar-refractivity contribution is -0.132. The number of anilines is 1. The van der Waals surface area contributed by atoms with Crippen LogP contribution in [-0.4, -0.2) is 58.0 Å². The summed E-state index contributed by atoms with van der Waals surface area (Å²) in [6, 6.07) is 9.24. The van der Waals surface area contributed by atoms with Gasteiger partial charge in [0.15, 0.2) is 22.4 Å². The van der Waals surface area contributed by atoms with E-state index in [4.69, 9.17) is 14.2 Å². The number of esters is 1. The van der Waals surface area contributed by atoms with Crippen LogP contribution >= 0.6 is 11.3 Å². The first-order valence-corrected chi connectivity index (χ1v) is 13.1. The van der Waals surface area contributed by atoms with Gasteiger partial charge in [0.05, 0.1) is 43.8 Å². The average Bonchev–Trinajstić information content (AvgIpc) is 3.58. The Balaban J connectivity index is 1.78. The van der Waals surface area contributed by atoms with Crippen molar-refractivity contribution < 1.29 is 33.7 Å². The minimum Gasteiger partial charge on any atom is -0.505 e. The molecular formula is C28H26N4O7S. The quantitative estimate of drug-likeness (QED) is 0.152. The van der Waals surface area contributed by atoms with Gasteiger partial charge in [-0.2, -0.15) is 0 Å². The molecule has 3 aromatic heterocycles. The second-order valence-corrected chi connectivity index (χ2v) is 9.87. The zero-order chi connectivity index (χ0) is 28.7. The second kappa shape index (κ2) is 10.5. The molecule has 1 saturated heterocycles. The van der Waals surface area contributed by atoms with E-state index in [-0.39, 0.29) is 21.3 Å². The number of hydrogen-bond acceptors (Lipinski definition) is 10. The van der Waals surface area contributed by atoms with E-state index in [0.29, 0.717) is 40.7 Å². The molecule has 1 amide bonds. The molecule has 1 aromatic carbocycles. The first-order chi connectivity index (χ1) is 19.2. The molecule has 5 rings (SSSR count). The molecule has 0 saturated carbocycles. The summed E-state index contributed by atoms with van der Waals surface area (Å²) in [5.74, 6) is -1.97. The highest BCUT2D eigenvalue weighted by molar-refractivity contribution is 7.17. The Morgan fingerprint density at radius 2 is 1.85 bits per heavy atom. The van der Waals surface area contributed by atoms with Crippen LogP contribution in [0.1, 0.15) is 45.3 Å². The van der Waals surface area contributed by atoms with Crippen LogP contribution in [-0.2, 0) is 14.3 Å². The van der Waals surface area contributed by atoms with E-state index in [2.05, 4.69) is 9.97 Å². The molecule has 0 radical (unpaired) electrons. The summed E-state index contributed by atoms with van der Waals surface area (Å²) in [6.07, 6.45) is 1.71. The number of Topliss-reactive ketones (excluding diaryl/α,β-unsaturated/α-hetero) is 1. The Kier molecular flexibility index (Phi) is 7.03. The van der Waals surface area contributed by atoms with Crippen LogP contribution in [0.25, 0.3) is 11.4 Å². The maximum Gasteiger partial charge on any atom is 0.350 e. The lowest BCUT2D eigenvalue weighted by Crippen LogP contribution is -2.29. The molecule has 0 aliphatic carbocycles. The van der Waals surface area contributed by atoms with E-state index in [1.165, 1.54) is 19.1 Å². The van der Waals surface area contributed by atoms with Crippen molar-refractivity contribution in [2.24, 2.45) is 0 Å². The fourth-order valence-corrected chi connectivity index (χ4v) is 5.78. The standard InChI is InChI=1S/C28H26N4O7S/c1-6-39-17-11-10-16(13-18(17)37-4)22-20(23(33)21-14(2)29-19-9-7-8-12-31(19)21)24(34)26(35)32(22)28-30-15(3)25(40-28)27(36)38-5/h7-13,22,33H,6H2,1-5H3/b23-20+. The van der Waals surface area contributed by atoms with Crippen molar-refractivity contribution in [3.8, 4) is 11.5 Å². The lowest BCUT2D eigenvalue weighted by atomic mass is 9.96. The molecule has 11 nitrogen and oxygen atoms in total. The number of thiazole rings is 1. The maximum atomic E-state index is 13.7. The van der Waals surface area contributed by atoms with Gasteiger partial charge in [-0.15, -0.1) is 0 Å². The molecule has 1 fully saturated rings. The molecular weight excluding hydrogens is 536 g/mol. The molecule has 0 spiro atoms. The predicted octanol–water partition coefficient (Wildman–Crippen LogP) is 4.23. The minimum absolute atomic E-state index is 0.103. The van der Waals surface area contributed by atoms with Crippen LogP contribution in [0.2, 0.25) is 0 Å². The van der Waals surface area contributed by atoms with Crippen LogP contribution in [0.15, 0.2) is 48.2 Å². The number of hydrogen-bond donors (Lipinski definition) is 1. The van der Waals surface area contributed by atoms with Crippen molar-refractivity contribution in [2.45, 2.75) is 26.8 Å². The number of methoxy groups -OCH3 is 2. The molecule has 1 atom stereocenters. The topological polar surface area (TPSA) is 133 Å². The Labute approximate surface area is 233 Å². The minimum atomic E-state index is -1.10. The molecule has 1 aliphatic rings. The smallest absolute Gasteiger partial charge is 0.350 e. The normalized spacial score (nSPS) is 16.5. The predicted molar refractivity (Wildman–Crippen MR) is 147 cm³/mol. The zero-order valence-electron chi connectivity index (χ0n) is 22.4. The van der Waals surface area contributed by atoms with E-state index in [1.807, 2.05) is 6.92 Å². The Morgan fingerprint density at radius 1 is 1.07 bits per heavy atom. The summed E-state index contributed by atoms with van der Waals surface area (Å²) in [5.41, 5.74) is 1.96. The van der Waals surface area contributed by atoms with E-state index >= 15 is 0 Å². The molecule has 4 heterocycles. The molecule has 206 valence electrons. The highest BCUT2D eigenvalue weighted by atomic mass is 32.1. The second-order valence-electron chi connectivity index (χ2n) is 8.89. The zero-order valence-corrected chi connectivity index (χ0v) is 23.2. The van der Waals surface area contributed by atoms with Crippen molar-refractivity contribution in [1.29, 1.82) is 0 Å². The van der Waals surface area contributed by atoms with Crippen LogP contribution in [0.5, 0.6) is 11.5 Å². The fourth-order valence-electron chi connectivity index (χ4n) is 4.77. The van der Waals surface area contributed by atoms with Gasteiger partial charge < -0.3 is 19.3 Å². The first-order valence-electron chi connectivity index (χ1n) is 12.3. The van der Waals surface area contributed by atoms with Gasteiger partial charge in [-0.1, -0.05) is 23.5 Å². The van der Waals surface area contributed by atoms with E-state index < -0.39 is 29.5 Å². The number of aliphatic hydroxyl groups excluding tert-OH is 1. The van der Waals surface area contributed by atoms with Gasteiger partial charge in [0.1, 0.15) is 16.2 Å². The molecule has 40 heavy (non-hydrogen) atoms. The van der Waals surface area contributed by atoms with Gasteiger partial charge in [0, 0.05) is 6.20 Å². The number of imidazole rings is 1. The lowest BCUT2D eigenvalue weighted by Gasteiger charge is -2.24.